The topological polar surface area (TPSA) is 89.3 Å². The van der Waals surface area contributed by atoms with Gasteiger partial charge in [-0.05, 0) is 5.56 Å². The number of ether oxygens (including phenoxy) is 1. The molecule has 7 heteroatoms. The van der Waals surface area contributed by atoms with Gasteiger partial charge in [-0.3, -0.25) is 4.79 Å². The van der Waals surface area contributed by atoms with Gasteiger partial charge in [-0.25, -0.2) is 0 Å². The van der Waals surface area contributed by atoms with Crippen LogP contribution in [0.15, 0.2) is 35.2 Å². The molecule has 1 fully saturated rings. The summed E-state index contributed by atoms with van der Waals surface area (Å²) in [5, 5.41) is 9.77. The van der Waals surface area contributed by atoms with Gasteiger partial charge in [0.1, 0.15) is 6.10 Å². The summed E-state index contributed by atoms with van der Waals surface area (Å²) >= 11 is 0. The number of amides is 1. The number of benzene rings is 1. The van der Waals surface area contributed by atoms with Gasteiger partial charge < -0.3 is 19.9 Å². The van der Waals surface area contributed by atoms with E-state index in [1.807, 2.05) is 24.3 Å². The summed E-state index contributed by atoms with van der Waals surface area (Å²) in [6.07, 6.45) is 0.888. The minimum atomic E-state index is -0.405. The van der Waals surface area contributed by atoms with E-state index < -0.39 is 6.10 Å². The van der Waals surface area contributed by atoms with Crippen LogP contribution < -0.4 is 10.6 Å². The first-order chi connectivity index (χ1) is 10.3. The smallest absolute Gasteiger partial charge is 0.250 e. The molecule has 0 radical (unpaired) electrons. The molecule has 1 aromatic carbocycles. The van der Waals surface area contributed by atoms with Crippen LogP contribution in [-0.4, -0.2) is 41.8 Å². The second-order valence-corrected chi connectivity index (χ2v) is 4.73. The van der Waals surface area contributed by atoms with Crippen LogP contribution in [0.2, 0.25) is 0 Å². The lowest BCUT2D eigenvalue weighted by molar-refractivity contribution is -0.134. The molecule has 1 aliphatic rings. The minimum Gasteiger partial charge on any atom is -0.366 e. The van der Waals surface area contributed by atoms with Crippen LogP contribution in [0.4, 0.5) is 0 Å². The molecular formula is C14H16N4O3. The molecule has 3 rings (SSSR count). The molecule has 1 aromatic heterocycles. The summed E-state index contributed by atoms with van der Waals surface area (Å²) in [5.74, 6) is 0.455. The monoisotopic (exact) mass is 288 g/mol. The Labute approximate surface area is 121 Å². The number of nitrogens with zero attached hydrogens (tertiary/aromatic N) is 2. The van der Waals surface area contributed by atoms with E-state index in [9.17, 15) is 4.79 Å². The molecule has 0 spiro atoms. The molecule has 1 atom stereocenters. The Morgan fingerprint density at radius 1 is 1.38 bits per heavy atom. The summed E-state index contributed by atoms with van der Waals surface area (Å²) in [4.78, 5) is 15.9. The highest BCUT2D eigenvalue weighted by atomic mass is 16.5. The highest BCUT2D eigenvalue weighted by Gasteiger charge is 2.21. The van der Waals surface area contributed by atoms with Gasteiger partial charge in [-0.1, -0.05) is 29.4 Å². The van der Waals surface area contributed by atoms with Crippen LogP contribution in [0.25, 0.3) is 11.4 Å². The summed E-state index contributed by atoms with van der Waals surface area (Å²) in [6.45, 7) is 2.38. The lowest BCUT2D eigenvalue weighted by Crippen LogP contribution is -2.47. The molecule has 1 amide bonds. The molecule has 0 unspecified atom stereocenters. The average Bonchev–Trinajstić information content (AvgIpc) is 3.08. The number of rotatable bonds is 4. The summed E-state index contributed by atoms with van der Waals surface area (Å²) in [5.41, 5.74) is 1.87. The standard InChI is InChI=1S/C14H16N4O3/c19-14(12-8-15-5-6-20-12)16-7-10-1-3-11(4-2-10)13-17-9-21-18-13/h1-4,9,12,15H,5-8H2,(H,16,19)/t12-/m0/s1. The SMILES string of the molecule is O=C(NCc1ccc(-c2ncon2)cc1)[C@@H]1CNCCO1. The van der Waals surface area contributed by atoms with Crippen molar-refractivity contribution in [3.8, 4) is 11.4 Å². The molecular weight excluding hydrogens is 272 g/mol. The van der Waals surface area contributed by atoms with Gasteiger partial charge in [0.25, 0.3) is 5.91 Å². The van der Waals surface area contributed by atoms with Crippen LogP contribution in [0, 0.1) is 0 Å². The van der Waals surface area contributed by atoms with E-state index in [-0.39, 0.29) is 5.91 Å². The fourth-order valence-electron chi connectivity index (χ4n) is 2.11. The maximum atomic E-state index is 11.9. The number of nitrogens with one attached hydrogen (secondary N) is 2. The second kappa shape index (κ2) is 6.47. The lowest BCUT2D eigenvalue weighted by Gasteiger charge is -2.22. The molecule has 2 heterocycles. The normalized spacial score (nSPS) is 18.4. The highest BCUT2D eigenvalue weighted by molar-refractivity contribution is 5.81. The van der Waals surface area contributed by atoms with Crippen molar-refractivity contribution in [1.29, 1.82) is 0 Å². The molecule has 1 saturated heterocycles. The third kappa shape index (κ3) is 3.45. The quantitative estimate of drug-likeness (QED) is 0.843. The van der Waals surface area contributed by atoms with E-state index in [1.165, 1.54) is 6.39 Å². The second-order valence-electron chi connectivity index (χ2n) is 4.73. The number of carbonyl (C=O) groups excluding carboxylic acids is 1. The van der Waals surface area contributed by atoms with Gasteiger partial charge in [0.05, 0.1) is 6.61 Å². The van der Waals surface area contributed by atoms with Gasteiger partial charge in [-0.15, -0.1) is 0 Å². The van der Waals surface area contributed by atoms with Crippen LogP contribution in [0.5, 0.6) is 0 Å². The van der Waals surface area contributed by atoms with Crippen molar-refractivity contribution >= 4 is 5.91 Å². The first-order valence-electron chi connectivity index (χ1n) is 6.78. The van der Waals surface area contributed by atoms with Crippen LogP contribution in [0.1, 0.15) is 5.56 Å². The third-order valence-corrected chi connectivity index (χ3v) is 3.26. The molecule has 2 N–H and O–H groups in total. The molecule has 21 heavy (non-hydrogen) atoms. The van der Waals surface area contributed by atoms with Crippen LogP contribution in [-0.2, 0) is 16.1 Å². The zero-order valence-electron chi connectivity index (χ0n) is 11.4. The van der Waals surface area contributed by atoms with Gasteiger partial charge in [0.15, 0.2) is 0 Å². The van der Waals surface area contributed by atoms with E-state index in [0.717, 1.165) is 17.7 Å². The van der Waals surface area contributed by atoms with Gasteiger partial charge in [0.2, 0.25) is 12.2 Å². The maximum absolute atomic E-state index is 11.9. The zero-order chi connectivity index (χ0) is 14.5. The van der Waals surface area contributed by atoms with Crippen molar-refractivity contribution in [3.63, 3.8) is 0 Å². The molecule has 1 aliphatic heterocycles. The van der Waals surface area contributed by atoms with Gasteiger partial charge in [-0.2, -0.15) is 4.98 Å². The maximum Gasteiger partial charge on any atom is 0.250 e. The van der Waals surface area contributed by atoms with E-state index in [4.69, 9.17) is 9.26 Å². The highest BCUT2D eigenvalue weighted by Crippen LogP contribution is 2.14. The van der Waals surface area contributed by atoms with Crippen molar-refractivity contribution in [2.24, 2.45) is 0 Å². The molecule has 2 aromatic rings. The molecule has 0 saturated carbocycles. The Morgan fingerprint density at radius 2 is 2.24 bits per heavy atom. The van der Waals surface area contributed by atoms with E-state index >= 15 is 0 Å². The summed E-state index contributed by atoms with van der Waals surface area (Å²) in [6, 6.07) is 7.63. The van der Waals surface area contributed by atoms with Crippen LogP contribution in [0.3, 0.4) is 0 Å². The van der Waals surface area contributed by atoms with E-state index in [1.54, 1.807) is 0 Å². The Kier molecular flexibility index (Phi) is 4.23. The number of morpholine rings is 1. The fraction of sp³-hybridized carbons (Fsp3) is 0.357. The van der Waals surface area contributed by atoms with E-state index in [0.29, 0.717) is 25.5 Å². The predicted molar refractivity (Wildman–Crippen MR) is 74.2 cm³/mol. The predicted octanol–water partition coefficient (Wildman–Crippen LogP) is 0.341. The Hall–Kier alpha value is -2.25. The number of hydrogen-bond acceptors (Lipinski definition) is 6. The van der Waals surface area contributed by atoms with Crippen molar-refractivity contribution in [3.05, 3.63) is 36.2 Å². The summed E-state index contributed by atoms with van der Waals surface area (Å²) < 4.78 is 10.1. The van der Waals surface area contributed by atoms with Crippen molar-refractivity contribution < 1.29 is 14.1 Å². The number of hydrogen-bond donors (Lipinski definition) is 2. The first-order valence-corrected chi connectivity index (χ1v) is 6.78. The summed E-state index contributed by atoms with van der Waals surface area (Å²) in [7, 11) is 0. The van der Waals surface area contributed by atoms with Crippen LogP contribution >= 0.6 is 0 Å². The van der Waals surface area contributed by atoms with Gasteiger partial charge in [0, 0.05) is 25.2 Å². The van der Waals surface area contributed by atoms with E-state index in [2.05, 4.69) is 20.8 Å². The van der Waals surface area contributed by atoms with Crippen molar-refractivity contribution in [1.82, 2.24) is 20.8 Å². The molecule has 7 nitrogen and oxygen atoms in total. The average molecular weight is 288 g/mol. The van der Waals surface area contributed by atoms with Crippen molar-refractivity contribution in [2.45, 2.75) is 12.6 Å². The molecule has 0 aliphatic carbocycles. The number of carbonyl (C=O) groups is 1. The van der Waals surface area contributed by atoms with Crippen molar-refractivity contribution in [2.75, 3.05) is 19.7 Å². The molecule has 0 bridgehead atoms. The Morgan fingerprint density at radius 3 is 2.90 bits per heavy atom. The Balaban J connectivity index is 1.54. The molecule has 110 valence electrons. The van der Waals surface area contributed by atoms with Gasteiger partial charge >= 0.3 is 0 Å². The number of aromatic nitrogens is 2. The third-order valence-electron chi connectivity index (χ3n) is 3.26. The first kappa shape index (κ1) is 13.7. The zero-order valence-corrected chi connectivity index (χ0v) is 11.4. The lowest BCUT2D eigenvalue weighted by atomic mass is 10.1. The Bertz CT molecular complexity index is 577. The minimum absolute atomic E-state index is 0.0931. The largest absolute Gasteiger partial charge is 0.366 e. The fourth-order valence-corrected chi connectivity index (χ4v) is 2.11.